The molecule has 208 valence electrons. The topological polar surface area (TPSA) is 93.9 Å². The van der Waals surface area contributed by atoms with Gasteiger partial charge in [-0.15, -0.1) is 0 Å². The Hall–Kier alpha value is -3.24. The number of nitrogens with one attached hydrogen (secondary N) is 1. The Bertz CT molecular complexity index is 1340. The van der Waals surface area contributed by atoms with Crippen molar-refractivity contribution in [2.24, 2.45) is 5.92 Å². The van der Waals surface area contributed by atoms with Crippen LogP contribution in [0.4, 0.5) is 20.5 Å². The van der Waals surface area contributed by atoms with Crippen molar-refractivity contribution in [2.75, 3.05) is 25.6 Å². The lowest BCUT2D eigenvalue weighted by Gasteiger charge is -2.30. The number of carbonyl (C=O) groups excluding carboxylic acids is 2. The van der Waals surface area contributed by atoms with E-state index in [9.17, 15) is 18.4 Å². The maximum Gasteiger partial charge on any atom is 0.308 e. The number of aromatic nitrogens is 1. The summed E-state index contributed by atoms with van der Waals surface area (Å²) < 4.78 is 44.2. The van der Waals surface area contributed by atoms with Crippen molar-refractivity contribution in [1.82, 2.24) is 9.88 Å². The van der Waals surface area contributed by atoms with Crippen molar-refractivity contribution in [3.8, 4) is 0 Å². The van der Waals surface area contributed by atoms with Crippen LogP contribution in [0.3, 0.4) is 0 Å². The number of alkyl halides is 1. The van der Waals surface area contributed by atoms with Crippen LogP contribution in [-0.2, 0) is 25.5 Å². The molecule has 1 aromatic heterocycles. The molecule has 0 unspecified atom stereocenters. The lowest BCUT2D eigenvalue weighted by atomic mass is 9.87. The van der Waals surface area contributed by atoms with Gasteiger partial charge in [-0.3, -0.25) is 9.59 Å². The summed E-state index contributed by atoms with van der Waals surface area (Å²) in [5, 5.41) is 3.32. The summed E-state index contributed by atoms with van der Waals surface area (Å²) in [6, 6.07) is 8.99. The van der Waals surface area contributed by atoms with Crippen LogP contribution >= 0.6 is 11.6 Å². The number of anilines is 2. The van der Waals surface area contributed by atoms with Gasteiger partial charge in [0.05, 0.1) is 55.5 Å². The monoisotopic (exact) mass is 561 g/mol. The second-order valence-electron chi connectivity index (χ2n) is 10.1. The lowest BCUT2D eigenvalue weighted by Crippen LogP contribution is -2.40. The van der Waals surface area contributed by atoms with Gasteiger partial charge < -0.3 is 24.1 Å². The number of fused-ring (bicyclic) bond motifs is 1. The smallest absolute Gasteiger partial charge is 0.308 e. The number of nitrogens with zero attached hydrogens (tertiary/aromatic N) is 2. The van der Waals surface area contributed by atoms with Crippen LogP contribution in [0.5, 0.6) is 0 Å². The molecule has 2 atom stereocenters. The molecule has 1 aliphatic heterocycles. The minimum Gasteiger partial charge on any atom is -0.469 e. The van der Waals surface area contributed by atoms with Crippen molar-refractivity contribution in [1.29, 1.82) is 0 Å². The van der Waals surface area contributed by atoms with Crippen molar-refractivity contribution >= 4 is 46.3 Å². The molecule has 2 aliphatic rings. The molecule has 1 N–H and O–H groups in total. The van der Waals surface area contributed by atoms with Crippen LogP contribution in [0.15, 0.2) is 40.8 Å². The van der Waals surface area contributed by atoms with E-state index in [1.807, 2.05) is 0 Å². The quantitative estimate of drug-likeness (QED) is 0.358. The number of hydrogen-bond acceptors (Lipinski definition) is 7. The van der Waals surface area contributed by atoms with E-state index >= 15 is 0 Å². The standard InChI is InChI=1S/C28H30ClF2N3O5/c1-37-27(36)17-3-6-21(7-4-17)38-15-20-12-19(31)14-34(20)26(35)11-16-2-8-23(22(29)10-16)32-28-33-24-13-18(30)5-9-25(24)39-28/h2,5,8-10,13,17,19-21H,3-4,6-7,11-12,14-15H2,1H3,(H,32,33)/t17-,19-,20-,21-/m0/s1. The molecule has 2 fully saturated rings. The molecule has 2 heterocycles. The molecule has 1 aliphatic carbocycles. The second-order valence-corrected chi connectivity index (χ2v) is 10.5. The SMILES string of the molecule is COC(=O)[C@H]1CC[C@H](OC[C@@H]2C[C@H](F)CN2C(=O)Cc2ccc(Nc3nc4cc(F)ccc4o3)c(Cl)c2)CC1. The van der Waals surface area contributed by atoms with E-state index in [2.05, 4.69) is 10.3 Å². The zero-order chi connectivity index (χ0) is 27.5. The van der Waals surface area contributed by atoms with Crippen LogP contribution in [0.2, 0.25) is 5.02 Å². The summed E-state index contributed by atoms with van der Waals surface area (Å²) in [4.78, 5) is 30.6. The van der Waals surface area contributed by atoms with Gasteiger partial charge in [0, 0.05) is 12.5 Å². The Kier molecular flexibility index (Phi) is 8.32. The molecule has 5 rings (SSSR count). The van der Waals surface area contributed by atoms with Gasteiger partial charge in [-0.25, -0.2) is 8.78 Å². The van der Waals surface area contributed by atoms with E-state index in [4.69, 9.17) is 25.5 Å². The van der Waals surface area contributed by atoms with Crippen LogP contribution < -0.4 is 5.32 Å². The molecular formula is C28H30ClF2N3O5. The van der Waals surface area contributed by atoms with E-state index in [0.717, 1.165) is 12.8 Å². The molecular weight excluding hydrogens is 532 g/mol. The Morgan fingerprint density at radius 1 is 1.18 bits per heavy atom. The number of amides is 1. The normalized spacial score (nSPS) is 23.2. The highest BCUT2D eigenvalue weighted by molar-refractivity contribution is 6.33. The van der Waals surface area contributed by atoms with Crippen LogP contribution in [0, 0.1) is 11.7 Å². The number of methoxy groups -OCH3 is 1. The summed E-state index contributed by atoms with van der Waals surface area (Å²) in [5.74, 6) is -0.894. The molecule has 1 saturated carbocycles. The average molecular weight is 562 g/mol. The van der Waals surface area contributed by atoms with E-state index in [0.29, 0.717) is 40.2 Å². The maximum atomic E-state index is 14.3. The summed E-state index contributed by atoms with van der Waals surface area (Å²) in [5.41, 5.74) is 2.00. The number of oxazole rings is 1. The van der Waals surface area contributed by atoms with Gasteiger partial charge in [0.1, 0.15) is 17.5 Å². The van der Waals surface area contributed by atoms with E-state index in [1.54, 1.807) is 23.1 Å². The fourth-order valence-electron chi connectivity index (χ4n) is 5.32. The molecule has 2 aromatic carbocycles. The first-order valence-electron chi connectivity index (χ1n) is 13.0. The highest BCUT2D eigenvalue weighted by atomic mass is 35.5. The molecule has 1 amide bonds. The maximum absolute atomic E-state index is 14.3. The van der Waals surface area contributed by atoms with Gasteiger partial charge >= 0.3 is 5.97 Å². The predicted molar refractivity (Wildman–Crippen MR) is 141 cm³/mol. The Balaban J connectivity index is 1.16. The van der Waals surface area contributed by atoms with Gasteiger partial charge in [0.2, 0.25) is 5.91 Å². The van der Waals surface area contributed by atoms with Crippen LogP contribution in [0.1, 0.15) is 37.7 Å². The first kappa shape index (κ1) is 27.3. The van der Waals surface area contributed by atoms with E-state index < -0.39 is 12.0 Å². The number of carbonyl (C=O) groups is 2. The molecule has 11 heteroatoms. The van der Waals surface area contributed by atoms with Gasteiger partial charge in [0.25, 0.3) is 6.01 Å². The molecule has 0 radical (unpaired) electrons. The lowest BCUT2D eigenvalue weighted by molar-refractivity contribution is -0.148. The Morgan fingerprint density at radius 2 is 1.97 bits per heavy atom. The Morgan fingerprint density at radius 3 is 2.72 bits per heavy atom. The summed E-state index contributed by atoms with van der Waals surface area (Å²) in [7, 11) is 1.40. The van der Waals surface area contributed by atoms with Crippen LogP contribution in [-0.4, -0.2) is 60.3 Å². The second kappa shape index (κ2) is 11.9. The number of halogens is 3. The largest absolute Gasteiger partial charge is 0.469 e. The number of esters is 1. The number of rotatable bonds is 8. The number of likely N-dealkylation sites (tertiary alicyclic amines) is 1. The summed E-state index contributed by atoms with van der Waals surface area (Å²) >= 11 is 6.45. The zero-order valence-corrected chi connectivity index (χ0v) is 22.3. The number of hydrogen-bond donors (Lipinski definition) is 1. The third-order valence-electron chi connectivity index (χ3n) is 7.40. The van der Waals surface area contributed by atoms with Gasteiger partial charge in [-0.1, -0.05) is 17.7 Å². The van der Waals surface area contributed by atoms with Crippen molar-refractivity contribution in [3.63, 3.8) is 0 Å². The molecule has 39 heavy (non-hydrogen) atoms. The molecule has 8 nitrogen and oxygen atoms in total. The number of benzene rings is 2. The fraction of sp³-hybridized carbons (Fsp3) is 0.464. The third-order valence-corrected chi connectivity index (χ3v) is 7.71. The molecule has 0 bridgehead atoms. The highest BCUT2D eigenvalue weighted by Crippen LogP contribution is 2.31. The van der Waals surface area contributed by atoms with Crippen molar-refractivity contribution in [2.45, 2.75) is 56.8 Å². The zero-order valence-electron chi connectivity index (χ0n) is 21.5. The van der Waals surface area contributed by atoms with Crippen molar-refractivity contribution in [3.05, 3.63) is 52.8 Å². The fourth-order valence-corrected chi connectivity index (χ4v) is 5.57. The predicted octanol–water partition coefficient (Wildman–Crippen LogP) is 5.59. The number of ether oxygens (including phenoxy) is 2. The van der Waals surface area contributed by atoms with Crippen molar-refractivity contribution < 1.29 is 32.3 Å². The molecule has 3 aromatic rings. The van der Waals surface area contributed by atoms with Gasteiger partial charge in [-0.2, -0.15) is 4.98 Å². The molecule has 0 spiro atoms. The van der Waals surface area contributed by atoms with Crippen LogP contribution in [0.25, 0.3) is 11.1 Å². The van der Waals surface area contributed by atoms with Gasteiger partial charge in [0.15, 0.2) is 5.58 Å². The third kappa shape index (κ3) is 6.50. The van der Waals surface area contributed by atoms with E-state index in [-0.39, 0.29) is 61.9 Å². The first-order valence-corrected chi connectivity index (χ1v) is 13.4. The van der Waals surface area contributed by atoms with E-state index in [1.165, 1.54) is 25.3 Å². The first-order chi connectivity index (χ1) is 18.8. The minimum absolute atomic E-state index is 0.0133. The summed E-state index contributed by atoms with van der Waals surface area (Å²) in [6.07, 6.45) is 2.06. The highest BCUT2D eigenvalue weighted by Gasteiger charge is 2.36. The summed E-state index contributed by atoms with van der Waals surface area (Å²) in [6.45, 7) is 0.297. The van der Waals surface area contributed by atoms with Gasteiger partial charge in [-0.05, 0) is 55.5 Å². The molecule has 1 saturated heterocycles. The Labute approximate surface area is 229 Å². The average Bonchev–Trinajstić information content (AvgIpc) is 3.50. The minimum atomic E-state index is -1.10.